The van der Waals surface area contributed by atoms with E-state index in [9.17, 15) is 4.79 Å². The number of nitrogens with zero attached hydrogens (tertiary/aromatic N) is 4. The molecular formula is C9H10N4O2S. The van der Waals surface area contributed by atoms with Crippen molar-refractivity contribution in [3.05, 3.63) is 28.2 Å². The lowest BCUT2D eigenvalue weighted by atomic mass is 10.2. The van der Waals surface area contributed by atoms with Crippen LogP contribution in [0.3, 0.4) is 0 Å². The van der Waals surface area contributed by atoms with Crippen LogP contribution in [0.5, 0.6) is 0 Å². The predicted molar refractivity (Wildman–Crippen MR) is 57.2 cm³/mol. The van der Waals surface area contributed by atoms with Gasteiger partial charge in [-0.1, -0.05) is 6.07 Å². The van der Waals surface area contributed by atoms with Crippen molar-refractivity contribution in [1.29, 1.82) is 0 Å². The third-order valence-electron chi connectivity index (χ3n) is 1.95. The van der Waals surface area contributed by atoms with E-state index in [1.807, 2.05) is 17.5 Å². The highest BCUT2D eigenvalue weighted by molar-refractivity contribution is 7.09. The first-order chi connectivity index (χ1) is 7.74. The predicted octanol–water partition coefficient (Wildman–Crippen LogP) is 0.604. The Bertz CT molecular complexity index is 466. The molecule has 2 heterocycles. The van der Waals surface area contributed by atoms with Crippen LogP contribution >= 0.6 is 11.3 Å². The Morgan fingerprint density at radius 2 is 2.38 bits per heavy atom. The zero-order valence-corrected chi connectivity index (χ0v) is 9.22. The topological polar surface area (TPSA) is 80.9 Å². The number of rotatable bonds is 5. The van der Waals surface area contributed by atoms with Gasteiger partial charge in [0, 0.05) is 11.3 Å². The molecule has 0 amide bonds. The van der Waals surface area contributed by atoms with Gasteiger partial charge in [0.2, 0.25) is 0 Å². The lowest BCUT2D eigenvalue weighted by Gasteiger charge is -1.92. The van der Waals surface area contributed by atoms with Gasteiger partial charge in [0.25, 0.3) is 0 Å². The summed E-state index contributed by atoms with van der Waals surface area (Å²) in [6, 6.07) is 4.04. The summed E-state index contributed by atoms with van der Waals surface area (Å²) in [6.07, 6.45) is 1.54. The third kappa shape index (κ3) is 2.86. The summed E-state index contributed by atoms with van der Waals surface area (Å²) in [7, 11) is 0. The molecular weight excluding hydrogens is 228 g/mol. The molecule has 2 aromatic rings. The number of hydrogen-bond donors (Lipinski definition) is 1. The number of aromatic nitrogens is 4. The van der Waals surface area contributed by atoms with Crippen molar-refractivity contribution >= 4 is 17.3 Å². The van der Waals surface area contributed by atoms with E-state index in [0.29, 0.717) is 12.2 Å². The maximum absolute atomic E-state index is 10.4. The van der Waals surface area contributed by atoms with Crippen molar-refractivity contribution < 1.29 is 9.90 Å². The van der Waals surface area contributed by atoms with Crippen LogP contribution in [-0.4, -0.2) is 31.3 Å². The van der Waals surface area contributed by atoms with Crippen molar-refractivity contribution in [2.75, 3.05) is 0 Å². The molecule has 16 heavy (non-hydrogen) atoms. The molecule has 0 saturated carbocycles. The van der Waals surface area contributed by atoms with Crippen LogP contribution in [0.25, 0.3) is 0 Å². The van der Waals surface area contributed by atoms with Crippen LogP contribution in [0.1, 0.15) is 10.7 Å². The molecule has 84 valence electrons. The highest BCUT2D eigenvalue weighted by Crippen LogP contribution is 2.10. The van der Waals surface area contributed by atoms with Crippen LogP contribution in [0.4, 0.5) is 0 Å². The van der Waals surface area contributed by atoms with Crippen molar-refractivity contribution in [2.24, 2.45) is 0 Å². The molecule has 0 fully saturated rings. The summed E-state index contributed by atoms with van der Waals surface area (Å²) in [5.74, 6) is -0.392. The second kappa shape index (κ2) is 4.84. The summed E-state index contributed by atoms with van der Waals surface area (Å²) < 4.78 is 0. The zero-order valence-electron chi connectivity index (χ0n) is 8.41. The first kappa shape index (κ1) is 10.7. The van der Waals surface area contributed by atoms with Gasteiger partial charge in [0.15, 0.2) is 12.4 Å². The molecule has 6 nitrogen and oxygen atoms in total. The molecule has 0 aliphatic carbocycles. The minimum Gasteiger partial charge on any atom is -0.480 e. The summed E-state index contributed by atoms with van der Waals surface area (Å²) in [4.78, 5) is 12.7. The molecule has 0 bridgehead atoms. The van der Waals surface area contributed by atoms with E-state index in [0.717, 1.165) is 11.2 Å². The minimum absolute atomic E-state index is 0.244. The van der Waals surface area contributed by atoms with Crippen LogP contribution in [-0.2, 0) is 24.2 Å². The molecule has 0 aliphatic rings. The number of carbonyl (C=O) groups is 1. The quantitative estimate of drug-likeness (QED) is 0.825. The molecule has 0 radical (unpaired) electrons. The fraction of sp³-hybridized carbons (Fsp3) is 0.333. The molecule has 0 aromatic carbocycles. The number of aryl methyl sites for hydroxylation is 2. The monoisotopic (exact) mass is 238 g/mol. The largest absolute Gasteiger partial charge is 0.480 e. The lowest BCUT2D eigenvalue weighted by molar-refractivity contribution is -0.138. The van der Waals surface area contributed by atoms with Crippen LogP contribution < -0.4 is 0 Å². The van der Waals surface area contributed by atoms with Gasteiger partial charge in [-0.2, -0.15) is 4.80 Å². The Morgan fingerprint density at radius 1 is 1.50 bits per heavy atom. The number of thiophene rings is 1. The Kier molecular flexibility index (Phi) is 3.25. The Balaban J connectivity index is 1.90. The van der Waals surface area contributed by atoms with Gasteiger partial charge in [0.05, 0.1) is 0 Å². The van der Waals surface area contributed by atoms with Crippen LogP contribution in [0.2, 0.25) is 0 Å². The maximum Gasteiger partial charge on any atom is 0.327 e. The van der Waals surface area contributed by atoms with E-state index in [2.05, 4.69) is 15.4 Å². The number of hydrogen-bond acceptors (Lipinski definition) is 5. The lowest BCUT2D eigenvalue weighted by Crippen LogP contribution is -2.11. The maximum atomic E-state index is 10.4. The molecule has 0 spiro atoms. The standard InChI is InChI=1S/C9H10N4O2S/c14-9(15)6-13-11-8(10-12-13)4-3-7-2-1-5-16-7/h1-2,5H,3-4,6H2,(H,14,15). The molecule has 2 aromatic heterocycles. The number of carboxylic acid groups (broad SMARTS) is 1. The van der Waals surface area contributed by atoms with E-state index < -0.39 is 5.97 Å². The molecule has 0 saturated heterocycles. The summed E-state index contributed by atoms with van der Waals surface area (Å²) in [5.41, 5.74) is 0. The zero-order chi connectivity index (χ0) is 11.4. The molecule has 2 rings (SSSR count). The Hall–Kier alpha value is -1.76. The van der Waals surface area contributed by atoms with Crippen molar-refractivity contribution in [3.63, 3.8) is 0 Å². The summed E-state index contributed by atoms with van der Waals surface area (Å²) in [6.45, 7) is -0.244. The Morgan fingerprint density at radius 3 is 3.06 bits per heavy atom. The molecule has 0 atom stereocenters. The minimum atomic E-state index is -0.970. The van der Waals surface area contributed by atoms with E-state index in [1.54, 1.807) is 11.3 Å². The molecule has 0 aliphatic heterocycles. The smallest absolute Gasteiger partial charge is 0.327 e. The second-order valence-electron chi connectivity index (χ2n) is 3.21. The average Bonchev–Trinajstić information content (AvgIpc) is 2.84. The molecule has 1 N–H and O–H groups in total. The number of tetrazole rings is 1. The molecule has 0 unspecified atom stereocenters. The van der Waals surface area contributed by atoms with Crippen molar-refractivity contribution in [1.82, 2.24) is 20.2 Å². The van der Waals surface area contributed by atoms with Gasteiger partial charge in [0.1, 0.15) is 0 Å². The van der Waals surface area contributed by atoms with Gasteiger partial charge in [-0.15, -0.1) is 21.5 Å². The average molecular weight is 238 g/mol. The first-order valence-corrected chi connectivity index (χ1v) is 5.63. The van der Waals surface area contributed by atoms with Crippen molar-refractivity contribution in [2.45, 2.75) is 19.4 Å². The summed E-state index contributed by atoms with van der Waals surface area (Å²) in [5, 5.41) is 22.0. The highest BCUT2D eigenvalue weighted by atomic mass is 32.1. The summed E-state index contributed by atoms with van der Waals surface area (Å²) >= 11 is 1.68. The van der Waals surface area contributed by atoms with E-state index >= 15 is 0 Å². The van der Waals surface area contributed by atoms with E-state index in [-0.39, 0.29) is 6.54 Å². The number of carboxylic acids is 1. The SMILES string of the molecule is O=C(O)Cn1nnc(CCc2cccs2)n1. The van der Waals surface area contributed by atoms with Gasteiger partial charge in [-0.05, 0) is 23.1 Å². The first-order valence-electron chi connectivity index (χ1n) is 4.75. The third-order valence-corrected chi connectivity index (χ3v) is 2.88. The second-order valence-corrected chi connectivity index (χ2v) is 4.24. The van der Waals surface area contributed by atoms with Gasteiger partial charge < -0.3 is 5.11 Å². The van der Waals surface area contributed by atoms with E-state index in [1.165, 1.54) is 4.88 Å². The Labute approximate surface area is 95.5 Å². The normalized spacial score (nSPS) is 10.5. The molecule has 7 heteroatoms. The van der Waals surface area contributed by atoms with Crippen molar-refractivity contribution in [3.8, 4) is 0 Å². The van der Waals surface area contributed by atoms with E-state index in [4.69, 9.17) is 5.11 Å². The van der Waals surface area contributed by atoms with Gasteiger partial charge in [-0.25, -0.2) is 0 Å². The van der Waals surface area contributed by atoms with Crippen LogP contribution in [0.15, 0.2) is 17.5 Å². The highest BCUT2D eigenvalue weighted by Gasteiger charge is 2.06. The van der Waals surface area contributed by atoms with Crippen LogP contribution in [0, 0.1) is 0 Å². The number of aliphatic carboxylic acids is 1. The fourth-order valence-corrected chi connectivity index (χ4v) is 1.96. The van der Waals surface area contributed by atoms with Gasteiger partial charge >= 0.3 is 5.97 Å². The van der Waals surface area contributed by atoms with Gasteiger partial charge in [-0.3, -0.25) is 4.79 Å². The fourth-order valence-electron chi connectivity index (χ4n) is 1.25.